The van der Waals surface area contributed by atoms with Crippen LogP contribution in [-0.4, -0.2) is 26.5 Å². The summed E-state index contributed by atoms with van der Waals surface area (Å²) in [6, 6.07) is 11.9. The Morgan fingerprint density at radius 3 is 2.11 bits per heavy atom. The molecule has 3 aromatic rings. The van der Waals surface area contributed by atoms with Crippen molar-refractivity contribution in [3.8, 4) is 0 Å². The normalized spacial score (nSPS) is 10.5. The molecule has 7 heteroatoms. The molecule has 0 N–H and O–H groups in total. The van der Waals surface area contributed by atoms with E-state index >= 15 is 0 Å². The standard InChI is InChI=1S/C20H16F2N4O/c1-2-26-20(23-24-25-26)18(4-3-13-27)19(14-5-9-16(21)10-6-14)15-7-11-17(22)12-8-15/h3,5-13,19H,2H2,1H3. The zero-order valence-corrected chi connectivity index (χ0v) is 14.5. The highest BCUT2D eigenvalue weighted by Crippen LogP contribution is 2.36. The number of aromatic nitrogens is 4. The average Bonchev–Trinajstić information content (AvgIpc) is 3.16. The van der Waals surface area contributed by atoms with Crippen LogP contribution in [-0.2, 0) is 11.3 Å². The minimum atomic E-state index is -0.473. The maximum Gasteiger partial charge on any atom is 0.186 e. The third kappa shape index (κ3) is 4.04. The van der Waals surface area contributed by atoms with Crippen LogP contribution in [0.2, 0.25) is 0 Å². The fraction of sp³-hybridized carbons (Fsp3) is 0.150. The number of carbonyl (C=O) groups excluding carboxylic acids is 1. The van der Waals surface area contributed by atoms with E-state index in [4.69, 9.17) is 0 Å². The first-order chi connectivity index (χ1) is 13.1. The van der Waals surface area contributed by atoms with Gasteiger partial charge in [0.2, 0.25) is 0 Å². The van der Waals surface area contributed by atoms with Crippen molar-refractivity contribution in [3.63, 3.8) is 0 Å². The molecule has 136 valence electrons. The fourth-order valence-corrected chi connectivity index (χ4v) is 2.85. The smallest absolute Gasteiger partial charge is 0.186 e. The van der Waals surface area contributed by atoms with Crippen LogP contribution in [0.25, 0.3) is 5.57 Å². The van der Waals surface area contributed by atoms with E-state index in [0.29, 0.717) is 24.2 Å². The molecule has 3 rings (SSSR count). The molecule has 0 unspecified atom stereocenters. The van der Waals surface area contributed by atoms with Gasteiger partial charge in [0.25, 0.3) is 0 Å². The van der Waals surface area contributed by atoms with Crippen molar-refractivity contribution in [3.05, 3.63) is 88.9 Å². The molecule has 0 amide bonds. The number of halogens is 2. The molecule has 0 aliphatic rings. The molecule has 27 heavy (non-hydrogen) atoms. The molecule has 1 heterocycles. The zero-order valence-electron chi connectivity index (χ0n) is 14.5. The van der Waals surface area contributed by atoms with Crippen molar-refractivity contribution < 1.29 is 13.6 Å². The Morgan fingerprint density at radius 1 is 1.07 bits per heavy atom. The Balaban J connectivity index is 2.25. The third-order valence-corrected chi connectivity index (χ3v) is 4.07. The lowest BCUT2D eigenvalue weighted by Crippen LogP contribution is -2.10. The van der Waals surface area contributed by atoms with E-state index in [1.54, 1.807) is 28.9 Å². The van der Waals surface area contributed by atoms with Crippen LogP contribution in [0.1, 0.15) is 29.8 Å². The SMILES string of the molecule is CCn1nnnc1C(=C=CC=O)C(c1ccc(F)cc1)c1ccc(F)cc1. The van der Waals surface area contributed by atoms with Gasteiger partial charge < -0.3 is 0 Å². The van der Waals surface area contributed by atoms with Gasteiger partial charge in [0.1, 0.15) is 11.6 Å². The van der Waals surface area contributed by atoms with Gasteiger partial charge in [0, 0.05) is 18.5 Å². The minimum Gasteiger partial charge on any atom is -0.298 e. The molecule has 0 fully saturated rings. The summed E-state index contributed by atoms with van der Waals surface area (Å²) < 4.78 is 28.5. The number of benzene rings is 2. The Labute approximate surface area is 154 Å². The van der Waals surface area contributed by atoms with Crippen molar-refractivity contribution >= 4 is 11.9 Å². The van der Waals surface area contributed by atoms with Crippen molar-refractivity contribution in [2.45, 2.75) is 19.4 Å². The van der Waals surface area contributed by atoms with Crippen molar-refractivity contribution in [1.29, 1.82) is 0 Å². The second kappa shape index (κ2) is 8.29. The summed E-state index contributed by atoms with van der Waals surface area (Å²) in [6.45, 7) is 2.39. The molecule has 5 nitrogen and oxygen atoms in total. The fourth-order valence-electron chi connectivity index (χ4n) is 2.85. The van der Waals surface area contributed by atoms with Crippen LogP contribution in [0.15, 0.2) is 60.3 Å². The number of tetrazole rings is 1. The van der Waals surface area contributed by atoms with Crippen LogP contribution in [0.5, 0.6) is 0 Å². The van der Waals surface area contributed by atoms with E-state index in [9.17, 15) is 13.6 Å². The molecule has 0 atom stereocenters. The average molecular weight is 366 g/mol. The summed E-state index contributed by atoms with van der Waals surface area (Å²) in [7, 11) is 0. The zero-order chi connectivity index (χ0) is 19.2. The Kier molecular flexibility index (Phi) is 5.64. The summed E-state index contributed by atoms with van der Waals surface area (Å²) >= 11 is 0. The molecule has 2 aromatic carbocycles. The first-order valence-corrected chi connectivity index (χ1v) is 8.31. The van der Waals surface area contributed by atoms with Gasteiger partial charge in [0.05, 0.1) is 5.57 Å². The summed E-state index contributed by atoms with van der Waals surface area (Å²) in [5.74, 6) is -0.791. The quantitative estimate of drug-likeness (QED) is 0.380. The summed E-state index contributed by atoms with van der Waals surface area (Å²) in [5.41, 5.74) is 4.93. The lowest BCUT2D eigenvalue weighted by Gasteiger charge is -2.20. The summed E-state index contributed by atoms with van der Waals surface area (Å²) in [5, 5.41) is 11.7. The van der Waals surface area contributed by atoms with E-state index in [1.165, 1.54) is 30.3 Å². The molecule has 0 bridgehead atoms. The van der Waals surface area contributed by atoms with Gasteiger partial charge in [-0.2, -0.15) is 0 Å². The molecule has 0 saturated carbocycles. The third-order valence-electron chi connectivity index (χ3n) is 4.07. The summed E-state index contributed by atoms with van der Waals surface area (Å²) in [6.07, 6.45) is 1.83. The maximum atomic E-state index is 13.4. The van der Waals surface area contributed by atoms with Crippen LogP contribution in [0.3, 0.4) is 0 Å². The van der Waals surface area contributed by atoms with Gasteiger partial charge in [-0.05, 0) is 52.7 Å². The lowest BCUT2D eigenvalue weighted by atomic mass is 9.84. The van der Waals surface area contributed by atoms with E-state index in [0.717, 1.165) is 11.1 Å². The second-order valence-corrected chi connectivity index (χ2v) is 5.72. The second-order valence-electron chi connectivity index (χ2n) is 5.72. The lowest BCUT2D eigenvalue weighted by molar-refractivity contribution is -0.104. The van der Waals surface area contributed by atoms with Gasteiger partial charge in [-0.15, -0.1) is 10.8 Å². The van der Waals surface area contributed by atoms with Gasteiger partial charge >= 0.3 is 0 Å². The highest BCUT2D eigenvalue weighted by Gasteiger charge is 2.25. The number of hydrogen-bond donors (Lipinski definition) is 0. The number of rotatable bonds is 6. The highest BCUT2D eigenvalue weighted by molar-refractivity contribution is 5.74. The summed E-state index contributed by atoms with van der Waals surface area (Å²) in [4.78, 5) is 10.9. The molecule has 0 radical (unpaired) electrons. The first-order valence-electron chi connectivity index (χ1n) is 8.31. The number of aryl methyl sites for hydroxylation is 1. The van der Waals surface area contributed by atoms with Gasteiger partial charge in [-0.1, -0.05) is 24.3 Å². The molecule has 0 aliphatic heterocycles. The number of aldehydes is 1. The van der Waals surface area contributed by atoms with Crippen molar-refractivity contribution in [2.75, 3.05) is 0 Å². The van der Waals surface area contributed by atoms with E-state index in [-0.39, 0.29) is 11.6 Å². The molecular formula is C20H16F2N4O. The first kappa shape index (κ1) is 18.4. The van der Waals surface area contributed by atoms with Crippen LogP contribution in [0, 0.1) is 11.6 Å². The molecule has 0 saturated heterocycles. The van der Waals surface area contributed by atoms with Crippen molar-refractivity contribution in [1.82, 2.24) is 20.2 Å². The number of carbonyl (C=O) groups is 1. The predicted molar refractivity (Wildman–Crippen MR) is 95.7 cm³/mol. The van der Waals surface area contributed by atoms with Gasteiger partial charge in [-0.25, -0.2) is 13.5 Å². The molecule has 0 aliphatic carbocycles. The number of allylic oxidation sites excluding steroid dienone is 1. The Bertz CT molecular complexity index is 942. The number of hydrogen-bond acceptors (Lipinski definition) is 4. The van der Waals surface area contributed by atoms with Gasteiger partial charge in [-0.3, -0.25) is 4.79 Å². The van der Waals surface area contributed by atoms with E-state index in [1.807, 2.05) is 6.92 Å². The molecular weight excluding hydrogens is 350 g/mol. The Hall–Kier alpha value is -3.44. The minimum absolute atomic E-state index is 0.371. The van der Waals surface area contributed by atoms with Crippen LogP contribution >= 0.6 is 0 Å². The molecule has 1 aromatic heterocycles. The monoisotopic (exact) mass is 366 g/mol. The van der Waals surface area contributed by atoms with E-state index in [2.05, 4.69) is 21.3 Å². The topological polar surface area (TPSA) is 60.7 Å². The highest BCUT2D eigenvalue weighted by atomic mass is 19.1. The predicted octanol–water partition coefficient (Wildman–Crippen LogP) is 3.54. The van der Waals surface area contributed by atoms with E-state index < -0.39 is 5.92 Å². The molecule has 0 spiro atoms. The van der Waals surface area contributed by atoms with Crippen LogP contribution < -0.4 is 0 Å². The van der Waals surface area contributed by atoms with Crippen molar-refractivity contribution in [2.24, 2.45) is 0 Å². The number of nitrogens with zero attached hydrogens (tertiary/aromatic N) is 4. The van der Waals surface area contributed by atoms with Gasteiger partial charge in [0.15, 0.2) is 12.1 Å². The largest absolute Gasteiger partial charge is 0.298 e. The maximum absolute atomic E-state index is 13.4. The Morgan fingerprint density at radius 2 is 1.63 bits per heavy atom. The van der Waals surface area contributed by atoms with Crippen LogP contribution in [0.4, 0.5) is 8.78 Å².